The first kappa shape index (κ1) is 24.8. The Morgan fingerprint density at radius 1 is 1.06 bits per heavy atom. The van der Waals surface area contributed by atoms with Crippen molar-refractivity contribution in [3.05, 3.63) is 85.8 Å². The van der Waals surface area contributed by atoms with Gasteiger partial charge in [0, 0.05) is 44.1 Å². The molecule has 0 fully saturated rings. The fourth-order valence-electron chi connectivity index (χ4n) is 4.17. The largest absolute Gasteiger partial charge is 0.457 e. The minimum Gasteiger partial charge on any atom is -0.457 e. The number of carbonyl (C=O) groups is 2. The summed E-state index contributed by atoms with van der Waals surface area (Å²) < 4.78 is 24.0. The Morgan fingerprint density at radius 2 is 1.75 bits per heavy atom. The van der Waals surface area contributed by atoms with Crippen molar-refractivity contribution in [2.45, 2.75) is 33.4 Å². The van der Waals surface area contributed by atoms with E-state index >= 15 is 0 Å². The summed E-state index contributed by atoms with van der Waals surface area (Å²) in [5.74, 6) is -1.25. The van der Waals surface area contributed by atoms with Crippen molar-refractivity contribution in [3.8, 4) is 0 Å². The van der Waals surface area contributed by atoms with Gasteiger partial charge in [-0.2, -0.15) is 0 Å². The van der Waals surface area contributed by atoms with E-state index in [4.69, 9.17) is 4.74 Å². The first-order valence-corrected chi connectivity index (χ1v) is 11.3. The lowest BCUT2D eigenvalue weighted by molar-refractivity contribution is -0.142. The molecule has 10 nitrogen and oxygen atoms in total. The summed E-state index contributed by atoms with van der Waals surface area (Å²) in [5.41, 5.74) is 2.36. The number of nitrogens with zero attached hydrogens (tertiary/aromatic N) is 5. The molecule has 0 radical (unpaired) electrons. The molecule has 0 bridgehead atoms. The van der Waals surface area contributed by atoms with Crippen molar-refractivity contribution in [3.63, 3.8) is 0 Å². The van der Waals surface area contributed by atoms with E-state index in [2.05, 4.69) is 4.98 Å². The molecule has 1 aromatic carbocycles. The zero-order valence-electron chi connectivity index (χ0n) is 20.4. The number of halogens is 1. The second-order valence-corrected chi connectivity index (χ2v) is 8.65. The number of hydrogen-bond donors (Lipinski definition) is 0. The summed E-state index contributed by atoms with van der Waals surface area (Å²) >= 11 is 0. The molecule has 4 aromatic rings. The van der Waals surface area contributed by atoms with Crippen LogP contribution >= 0.6 is 0 Å². The van der Waals surface area contributed by atoms with Crippen molar-refractivity contribution in [1.82, 2.24) is 23.3 Å². The maximum Gasteiger partial charge on any atom is 0.332 e. The molecular formula is C25H26FN5O5. The summed E-state index contributed by atoms with van der Waals surface area (Å²) in [7, 11) is 2.88. The standard InChI is InChI=1S/C25H26FN5O5/c1-15-11-19(16(2)31(15)12-17-5-7-18(26)8-6-17)20(32)13-36-21(33)9-10-30-14-27-23-22(30)24(34)29(4)25(35)28(23)3/h5-8,11,14H,9-10,12-13H2,1-4H3. The Hall–Kier alpha value is -4.28. The van der Waals surface area contributed by atoms with Gasteiger partial charge in [-0.05, 0) is 37.6 Å². The highest BCUT2D eigenvalue weighted by molar-refractivity contribution is 5.99. The zero-order valence-corrected chi connectivity index (χ0v) is 20.4. The number of fused-ring (bicyclic) bond motifs is 1. The Balaban J connectivity index is 1.39. The maximum absolute atomic E-state index is 13.2. The Bertz CT molecular complexity index is 1590. The molecule has 0 N–H and O–H groups in total. The van der Waals surface area contributed by atoms with E-state index in [1.54, 1.807) is 18.2 Å². The molecule has 0 atom stereocenters. The summed E-state index contributed by atoms with van der Waals surface area (Å²) in [6.07, 6.45) is 1.30. The lowest BCUT2D eigenvalue weighted by Crippen LogP contribution is -2.37. The van der Waals surface area contributed by atoms with E-state index in [9.17, 15) is 23.6 Å². The number of ether oxygens (including phenoxy) is 1. The number of aromatic nitrogens is 5. The summed E-state index contributed by atoms with van der Waals surface area (Å²) in [6, 6.07) is 7.90. The smallest absolute Gasteiger partial charge is 0.332 e. The van der Waals surface area contributed by atoms with Gasteiger partial charge in [-0.1, -0.05) is 12.1 Å². The van der Waals surface area contributed by atoms with Crippen molar-refractivity contribution >= 4 is 22.9 Å². The van der Waals surface area contributed by atoms with E-state index in [0.29, 0.717) is 12.1 Å². The number of Topliss-reactive ketones (excluding diaryl/α,β-unsaturated/α-hetero) is 1. The molecule has 0 aliphatic heterocycles. The van der Waals surface area contributed by atoms with Crippen LogP contribution in [0.25, 0.3) is 11.2 Å². The average molecular weight is 496 g/mol. The van der Waals surface area contributed by atoms with Gasteiger partial charge >= 0.3 is 11.7 Å². The van der Waals surface area contributed by atoms with Gasteiger partial charge in [-0.25, -0.2) is 14.2 Å². The Kier molecular flexibility index (Phi) is 6.73. The van der Waals surface area contributed by atoms with Crippen molar-refractivity contribution in [1.29, 1.82) is 0 Å². The second kappa shape index (κ2) is 9.76. The van der Waals surface area contributed by atoms with Gasteiger partial charge in [0.15, 0.2) is 17.8 Å². The van der Waals surface area contributed by atoms with Gasteiger partial charge in [0.1, 0.15) is 5.82 Å². The molecular weight excluding hydrogens is 469 g/mol. The molecule has 4 rings (SSSR count). The van der Waals surface area contributed by atoms with Crippen LogP contribution in [0.2, 0.25) is 0 Å². The number of rotatable bonds is 8. The SMILES string of the molecule is Cc1cc(C(=O)COC(=O)CCn2cnc3c2c(=O)n(C)c(=O)n3C)c(C)n1Cc1ccc(F)cc1. The van der Waals surface area contributed by atoms with Gasteiger partial charge in [-0.15, -0.1) is 0 Å². The third kappa shape index (κ3) is 4.64. The molecule has 0 unspecified atom stereocenters. The quantitative estimate of drug-likeness (QED) is 0.273. The topological polar surface area (TPSA) is 110 Å². The summed E-state index contributed by atoms with van der Waals surface area (Å²) in [6.45, 7) is 3.84. The number of benzene rings is 1. The summed E-state index contributed by atoms with van der Waals surface area (Å²) in [5, 5.41) is 0. The van der Waals surface area contributed by atoms with Crippen LogP contribution in [-0.2, 0) is 36.7 Å². The number of esters is 1. The average Bonchev–Trinajstić information content (AvgIpc) is 3.41. The molecule has 0 saturated carbocycles. The first-order chi connectivity index (χ1) is 17.1. The first-order valence-electron chi connectivity index (χ1n) is 11.3. The molecule has 0 spiro atoms. The zero-order chi connectivity index (χ0) is 26.1. The lowest BCUT2D eigenvalue weighted by atomic mass is 10.1. The molecule has 36 heavy (non-hydrogen) atoms. The second-order valence-electron chi connectivity index (χ2n) is 8.65. The fraction of sp³-hybridized carbons (Fsp3) is 0.320. The van der Waals surface area contributed by atoms with Gasteiger partial charge in [0.2, 0.25) is 5.78 Å². The van der Waals surface area contributed by atoms with E-state index in [-0.39, 0.29) is 35.7 Å². The fourth-order valence-corrected chi connectivity index (χ4v) is 4.17. The Labute approximate surface area is 205 Å². The molecule has 3 aromatic heterocycles. The van der Waals surface area contributed by atoms with Gasteiger partial charge in [-0.3, -0.25) is 23.5 Å². The van der Waals surface area contributed by atoms with Crippen LogP contribution in [0, 0.1) is 19.7 Å². The summed E-state index contributed by atoms with van der Waals surface area (Å²) in [4.78, 5) is 53.8. The molecule has 0 aliphatic rings. The van der Waals surface area contributed by atoms with Crippen LogP contribution in [-0.4, -0.2) is 41.6 Å². The van der Waals surface area contributed by atoms with Crippen LogP contribution in [0.4, 0.5) is 4.39 Å². The van der Waals surface area contributed by atoms with E-state index in [1.807, 2.05) is 18.4 Å². The van der Waals surface area contributed by atoms with Crippen LogP contribution < -0.4 is 11.2 Å². The normalized spacial score (nSPS) is 11.2. The number of aryl methyl sites for hydroxylation is 3. The maximum atomic E-state index is 13.2. The molecule has 11 heteroatoms. The monoisotopic (exact) mass is 495 g/mol. The molecule has 0 aliphatic carbocycles. The molecule has 0 amide bonds. The van der Waals surface area contributed by atoms with Crippen molar-refractivity contribution in [2.24, 2.45) is 14.1 Å². The molecule has 0 saturated heterocycles. The van der Waals surface area contributed by atoms with E-state index in [0.717, 1.165) is 21.5 Å². The van der Waals surface area contributed by atoms with E-state index < -0.39 is 23.8 Å². The minimum atomic E-state index is -0.605. The highest BCUT2D eigenvalue weighted by atomic mass is 19.1. The molecule has 188 valence electrons. The number of imidazole rings is 1. The predicted molar refractivity (Wildman–Crippen MR) is 130 cm³/mol. The minimum absolute atomic E-state index is 0.0890. The van der Waals surface area contributed by atoms with Gasteiger partial charge in [0.25, 0.3) is 5.56 Å². The van der Waals surface area contributed by atoms with Crippen LogP contribution in [0.1, 0.15) is 33.7 Å². The van der Waals surface area contributed by atoms with Crippen molar-refractivity contribution < 1.29 is 18.7 Å². The lowest BCUT2D eigenvalue weighted by Gasteiger charge is -2.10. The highest BCUT2D eigenvalue weighted by Gasteiger charge is 2.19. The van der Waals surface area contributed by atoms with E-state index in [1.165, 1.54) is 41.7 Å². The van der Waals surface area contributed by atoms with Crippen molar-refractivity contribution in [2.75, 3.05) is 6.61 Å². The van der Waals surface area contributed by atoms with Gasteiger partial charge < -0.3 is 13.9 Å². The number of carbonyl (C=O) groups excluding carboxylic acids is 2. The van der Waals surface area contributed by atoms with Gasteiger partial charge in [0.05, 0.1) is 12.7 Å². The predicted octanol–water partition coefficient (Wildman–Crippen LogP) is 1.86. The van der Waals surface area contributed by atoms with Crippen LogP contribution in [0.3, 0.4) is 0 Å². The van der Waals surface area contributed by atoms with Crippen LogP contribution in [0.15, 0.2) is 46.2 Å². The number of ketones is 1. The molecule has 3 heterocycles. The number of hydrogen-bond acceptors (Lipinski definition) is 6. The third-order valence-electron chi connectivity index (χ3n) is 6.27. The third-order valence-corrected chi connectivity index (χ3v) is 6.27. The van der Waals surface area contributed by atoms with Crippen LogP contribution in [0.5, 0.6) is 0 Å². The Morgan fingerprint density at radius 3 is 2.44 bits per heavy atom. The highest BCUT2D eigenvalue weighted by Crippen LogP contribution is 2.18.